The van der Waals surface area contributed by atoms with E-state index in [1.807, 2.05) is 37.3 Å². The number of aryl methyl sites for hydroxylation is 1. The molecule has 1 aliphatic rings. The topological polar surface area (TPSA) is 63.7 Å². The van der Waals surface area contributed by atoms with E-state index in [1.54, 1.807) is 36.1 Å². The molecule has 0 aliphatic carbocycles. The Morgan fingerprint density at radius 3 is 2.42 bits per heavy atom. The molecule has 5 heteroatoms. The minimum absolute atomic E-state index is 0.0966. The maximum atomic E-state index is 12.4. The number of ketones is 1. The lowest BCUT2D eigenvalue weighted by Crippen LogP contribution is -2.30. The number of nitrogens with zero attached hydrogens (tertiary/aromatic N) is 1. The smallest absolute Gasteiger partial charge is 0.312 e. The van der Waals surface area contributed by atoms with E-state index in [9.17, 15) is 14.4 Å². The fourth-order valence-electron chi connectivity index (χ4n) is 3.13. The highest BCUT2D eigenvalue weighted by atomic mass is 16.5. The Bertz CT molecular complexity index is 831. The first-order valence-electron chi connectivity index (χ1n) is 8.63. The van der Waals surface area contributed by atoms with Gasteiger partial charge in [0.1, 0.15) is 0 Å². The van der Waals surface area contributed by atoms with Crippen molar-refractivity contribution >= 4 is 23.3 Å². The zero-order valence-corrected chi connectivity index (χ0v) is 14.8. The highest BCUT2D eigenvalue weighted by molar-refractivity contribution is 6.02. The molecule has 1 aliphatic heterocycles. The van der Waals surface area contributed by atoms with Gasteiger partial charge < -0.3 is 9.64 Å². The normalized spacial score (nSPS) is 17.8. The van der Waals surface area contributed by atoms with Crippen LogP contribution in [0, 0.1) is 12.8 Å². The number of carbonyl (C=O) groups excluding carboxylic acids is 3. The van der Waals surface area contributed by atoms with Gasteiger partial charge in [0.2, 0.25) is 11.7 Å². The molecular weight excluding hydrogens is 330 g/mol. The molecule has 1 saturated heterocycles. The summed E-state index contributed by atoms with van der Waals surface area (Å²) in [5.41, 5.74) is 2.28. The maximum Gasteiger partial charge on any atom is 0.312 e. The van der Waals surface area contributed by atoms with Crippen LogP contribution in [-0.2, 0) is 14.3 Å². The van der Waals surface area contributed by atoms with E-state index >= 15 is 0 Å². The molecule has 5 nitrogen and oxygen atoms in total. The van der Waals surface area contributed by atoms with E-state index in [0.717, 1.165) is 11.3 Å². The van der Waals surface area contributed by atoms with Crippen LogP contribution in [0.2, 0.25) is 0 Å². The number of amides is 1. The number of para-hydroxylation sites is 1. The Hall–Kier alpha value is -2.95. The fraction of sp³-hybridized carbons (Fsp3) is 0.286. The van der Waals surface area contributed by atoms with Crippen LogP contribution >= 0.6 is 0 Å². The van der Waals surface area contributed by atoms with Gasteiger partial charge in [0.25, 0.3) is 0 Å². The van der Waals surface area contributed by atoms with E-state index in [-0.39, 0.29) is 24.7 Å². The van der Waals surface area contributed by atoms with E-state index in [0.29, 0.717) is 5.56 Å². The van der Waals surface area contributed by atoms with E-state index < -0.39 is 18.0 Å². The Balaban J connectivity index is 1.65. The predicted molar refractivity (Wildman–Crippen MR) is 98.0 cm³/mol. The Labute approximate surface area is 152 Å². The standard InChI is InChI=1S/C21H21NO4/c1-14-8-6-7-11-18(14)22-13-17(12-19(22)23)21(25)26-15(2)20(24)16-9-4-3-5-10-16/h3-11,15,17H,12-13H2,1-2H3/t15-,17-/m0/s1. The first-order valence-corrected chi connectivity index (χ1v) is 8.63. The number of hydrogen-bond acceptors (Lipinski definition) is 4. The Kier molecular flexibility index (Phi) is 5.16. The second-order valence-electron chi connectivity index (χ2n) is 6.50. The van der Waals surface area contributed by atoms with Gasteiger partial charge in [0.15, 0.2) is 6.10 Å². The third-order valence-corrected chi connectivity index (χ3v) is 4.59. The number of anilines is 1. The van der Waals surface area contributed by atoms with Crippen LogP contribution < -0.4 is 4.90 Å². The molecule has 3 rings (SSSR count). The van der Waals surface area contributed by atoms with Crippen molar-refractivity contribution in [2.75, 3.05) is 11.4 Å². The summed E-state index contributed by atoms with van der Waals surface area (Å²) in [6.45, 7) is 3.76. The van der Waals surface area contributed by atoms with Crippen molar-refractivity contribution in [2.45, 2.75) is 26.4 Å². The molecule has 26 heavy (non-hydrogen) atoms. The molecule has 1 heterocycles. The van der Waals surface area contributed by atoms with E-state index in [4.69, 9.17) is 4.74 Å². The molecule has 2 aromatic rings. The van der Waals surface area contributed by atoms with Gasteiger partial charge in [0, 0.05) is 24.2 Å². The number of benzene rings is 2. The summed E-state index contributed by atoms with van der Waals surface area (Å²) in [4.78, 5) is 38.7. The highest BCUT2D eigenvalue weighted by Gasteiger charge is 2.37. The molecule has 0 N–H and O–H groups in total. The lowest BCUT2D eigenvalue weighted by molar-refractivity contribution is -0.151. The van der Waals surface area contributed by atoms with Crippen LogP contribution in [0.5, 0.6) is 0 Å². The second-order valence-corrected chi connectivity index (χ2v) is 6.50. The third-order valence-electron chi connectivity index (χ3n) is 4.59. The molecule has 1 fully saturated rings. The minimum atomic E-state index is -0.882. The van der Waals surface area contributed by atoms with Crippen LogP contribution in [0.25, 0.3) is 0 Å². The average molecular weight is 351 g/mol. The van der Waals surface area contributed by atoms with Crippen molar-refractivity contribution in [3.8, 4) is 0 Å². The summed E-state index contributed by atoms with van der Waals surface area (Å²) in [7, 11) is 0. The lowest BCUT2D eigenvalue weighted by Gasteiger charge is -2.19. The lowest BCUT2D eigenvalue weighted by atomic mass is 10.1. The van der Waals surface area contributed by atoms with Crippen LogP contribution in [0.15, 0.2) is 54.6 Å². The van der Waals surface area contributed by atoms with Crippen LogP contribution in [0.4, 0.5) is 5.69 Å². The number of carbonyl (C=O) groups is 3. The number of rotatable bonds is 5. The second kappa shape index (κ2) is 7.52. The first kappa shape index (κ1) is 17.9. The Morgan fingerprint density at radius 1 is 1.08 bits per heavy atom. The molecule has 0 radical (unpaired) electrons. The largest absolute Gasteiger partial charge is 0.454 e. The van der Waals surface area contributed by atoms with E-state index in [2.05, 4.69) is 0 Å². The van der Waals surface area contributed by atoms with Gasteiger partial charge in [-0.3, -0.25) is 14.4 Å². The van der Waals surface area contributed by atoms with Crippen molar-refractivity contribution in [3.05, 3.63) is 65.7 Å². The van der Waals surface area contributed by atoms with Crippen LogP contribution in [0.1, 0.15) is 29.3 Å². The zero-order valence-electron chi connectivity index (χ0n) is 14.8. The third kappa shape index (κ3) is 3.67. The van der Waals surface area contributed by atoms with Gasteiger partial charge >= 0.3 is 5.97 Å². The highest BCUT2D eigenvalue weighted by Crippen LogP contribution is 2.28. The fourth-order valence-corrected chi connectivity index (χ4v) is 3.13. The molecule has 0 aromatic heterocycles. The van der Waals surface area contributed by atoms with Gasteiger partial charge in [-0.25, -0.2) is 0 Å². The van der Waals surface area contributed by atoms with Crippen molar-refractivity contribution in [1.29, 1.82) is 0 Å². The van der Waals surface area contributed by atoms with E-state index in [1.165, 1.54) is 0 Å². The van der Waals surface area contributed by atoms with Crippen LogP contribution in [-0.4, -0.2) is 30.3 Å². The van der Waals surface area contributed by atoms with Crippen molar-refractivity contribution in [1.82, 2.24) is 0 Å². The van der Waals surface area contributed by atoms with Gasteiger partial charge in [-0.2, -0.15) is 0 Å². The number of Topliss-reactive ketones (excluding diaryl/α,β-unsaturated/α-hetero) is 1. The summed E-state index contributed by atoms with van der Waals surface area (Å²) in [5.74, 6) is -1.43. The van der Waals surface area contributed by atoms with Crippen LogP contribution in [0.3, 0.4) is 0 Å². The molecule has 2 atom stereocenters. The molecule has 2 aromatic carbocycles. The molecule has 134 valence electrons. The van der Waals surface area contributed by atoms with Crippen molar-refractivity contribution in [2.24, 2.45) is 5.92 Å². The first-order chi connectivity index (χ1) is 12.5. The van der Waals surface area contributed by atoms with Gasteiger partial charge in [-0.05, 0) is 25.5 Å². The number of hydrogen-bond donors (Lipinski definition) is 0. The molecule has 0 spiro atoms. The van der Waals surface area contributed by atoms with Crippen molar-refractivity contribution < 1.29 is 19.1 Å². The summed E-state index contributed by atoms with van der Waals surface area (Å²) in [6.07, 6.45) is -0.785. The van der Waals surface area contributed by atoms with Gasteiger partial charge in [0.05, 0.1) is 5.92 Å². The average Bonchev–Trinajstić information content (AvgIpc) is 3.04. The number of ether oxygens (including phenoxy) is 1. The summed E-state index contributed by atoms with van der Waals surface area (Å²) < 4.78 is 5.35. The predicted octanol–water partition coefficient (Wildman–Crippen LogP) is 3.16. The monoisotopic (exact) mass is 351 g/mol. The van der Waals surface area contributed by atoms with Crippen molar-refractivity contribution in [3.63, 3.8) is 0 Å². The molecule has 0 saturated carbocycles. The molecule has 0 unspecified atom stereocenters. The van der Waals surface area contributed by atoms with Gasteiger partial charge in [-0.1, -0.05) is 48.5 Å². The Morgan fingerprint density at radius 2 is 1.73 bits per heavy atom. The number of esters is 1. The van der Waals surface area contributed by atoms with Gasteiger partial charge in [-0.15, -0.1) is 0 Å². The summed E-state index contributed by atoms with van der Waals surface area (Å²) >= 11 is 0. The maximum absolute atomic E-state index is 12.4. The molecule has 1 amide bonds. The SMILES string of the molecule is Cc1ccccc1N1C[C@@H](C(=O)O[C@@H](C)C(=O)c2ccccc2)CC1=O. The summed E-state index contributed by atoms with van der Waals surface area (Å²) in [6, 6.07) is 16.3. The summed E-state index contributed by atoms with van der Waals surface area (Å²) in [5, 5.41) is 0. The zero-order chi connectivity index (χ0) is 18.7. The quantitative estimate of drug-likeness (QED) is 0.613. The molecular formula is C21H21NO4. The molecule has 0 bridgehead atoms. The minimum Gasteiger partial charge on any atom is -0.454 e.